The Balaban J connectivity index is 1.48. The van der Waals surface area contributed by atoms with Gasteiger partial charge < -0.3 is 9.67 Å². The van der Waals surface area contributed by atoms with Gasteiger partial charge in [0.25, 0.3) is 0 Å². The first-order valence-corrected chi connectivity index (χ1v) is 8.85. The van der Waals surface area contributed by atoms with Crippen LogP contribution in [0.5, 0.6) is 0 Å². The van der Waals surface area contributed by atoms with Crippen molar-refractivity contribution in [3.63, 3.8) is 0 Å². The van der Waals surface area contributed by atoms with Crippen molar-refractivity contribution in [3.8, 4) is 0 Å². The Morgan fingerprint density at radius 2 is 1.70 bits per heavy atom. The fourth-order valence-electron chi connectivity index (χ4n) is 3.06. The van der Waals surface area contributed by atoms with E-state index in [1.54, 1.807) is 0 Å². The molecule has 1 saturated carbocycles. The summed E-state index contributed by atoms with van der Waals surface area (Å²) in [5, 5.41) is 19.0. The Bertz CT molecular complexity index is 524. The summed E-state index contributed by atoms with van der Waals surface area (Å²) in [5.41, 5.74) is -0.0467. The van der Waals surface area contributed by atoms with Gasteiger partial charge in [0.15, 0.2) is 0 Å². The Morgan fingerprint density at radius 3 is 2.26 bits per heavy atom. The molecule has 6 heteroatoms. The van der Waals surface area contributed by atoms with Crippen LogP contribution in [0.15, 0.2) is 0 Å². The van der Waals surface area contributed by atoms with Gasteiger partial charge in [-0.15, -0.1) is 10.2 Å². The van der Waals surface area contributed by atoms with Crippen molar-refractivity contribution in [1.82, 2.24) is 24.6 Å². The molecule has 2 fully saturated rings. The molecule has 1 N–H and O–H groups in total. The second kappa shape index (κ2) is 6.49. The van der Waals surface area contributed by atoms with Gasteiger partial charge in [-0.2, -0.15) is 0 Å². The number of nitrogens with zero attached hydrogens (tertiary/aromatic N) is 5. The van der Waals surface area contributed by atoms with E-state index in [1.165, 1.54) is 12.8 Å². The molecule has 2 heterocycles. The third kappa shape index (κ3) is 4.11. The van der Waals surface area contributed by atoms with Crippen LogP contribution in [-0.4, -0.2) is 68.5 Å². The van der Waals surface area contributed by atoms with Crippen LogP contribution in [0.4, 0.5) is 0 Å². The van der Waals surface area contributed by atoms with Crippen molar-refractivity contribution in [2.45, 2.75) is 52.2 Å². The lowest BCUT2D eigenvalue weighted by molar-refractivity contribution is 0.0122. The van der Waals surface area contributed by atoms with Crippen molar-refractivity contribution in [2.24, 2.45) is 12.5 Å². The molecule has 6 nitrogen and oxygen atoms in total. The second-order valence-electron chi connectivity index (χ2n) is 8.27. The Labute approximate surface area is 139 Å². The lowest BCUT2D eigenvalue weighted by Crippen LogP contribution is -2.50. The van der Waals surface area contributed by atoms with Gasteiger partial charge >= 0.3 is 0 Å². The molecular formula is C17H31N5O. The average molecular weight is 321 g/mol. The molecule has 0 unspecified atom stereocenters. The molecular weight excluding hydrogens is 290 g/mol. The minimum absolute atomic E-state index is 0.0467. The highest BCUT2D eigenvalue weighted by molar-refractivity contribution is 5.07. The molecule has 23 heavy (non-hydrogen) atoms. The number of aliphatic hydroxyl groups excluding tert-OH is 1. The molecule has 0 radical (unpaired) electrons. The molecule has 0 amide bonds. The van der Waals surface area contributed by atoms with E-state index in [9.17, 15) is 5.11 Å². The number of rotatable bonds is 5. The molecule has 0 spiro atoms. The Morgan fingerprint density at radius 1 is 1.09 bits per heavy atom. The first kappa shape index (κ1) is 16.9. The van der Waals surface area contributed by atoms with Crippen LogP contribution >= 0.6 is 0 Å². The van der Waals surface area contributed by atoms with Gasteiger partial charge in [0.05, 0.1) is 12.6 Å². The molecule has 2 aliphatic rings. The summed E-state index contributed by atoms with van der Waals surface area (Å²) in [4.78, 5) is 4.82. The van der Waals surface area contributed by atoms with Crippen LogP contribution in [0.2, 0.25) is 0 Å². The number of aromatic nitrogens is 3. The van der Waals surface area contributed by atoms with Gasteiger partial charge in [-0.3, -0.25) is 9.80 Å². The predicted molar refractivity (Wildman–Crippen MR) is 90.2 cm³/mol. The van der Waals surface area contributed by atoms with Gasteiger partial charge in [-0.25, -0.2) is 0 Å². The van der Waals surface area contributed by atoms with Crippen LogP contribution < -0.4 is 0 Å². The van der Waals surface area contributed by atoms with Gasteiger partial charge in [0.2, 0.25) is 0 Å². The number of piperazine rings is 1. The standard InChI is InChI=1S/C17H31N5O/c1-17(2,3)14(23)11-21-7-9-22(10-8-21)12-15-18-19-16(20(15)4)13-5-6-13/h13-14,23H,5-12H2,1-4H3/t14-/m0/s1. The maximum Gasteiger partial charge on any atom is 0.146 e. The SMILES string of the molecule is Cn1c(CN2CCN(C[C@H](O)C(C)(C)C)CC2)nnc1C1CC1. The van der Waals surface area contributed by atoms with Crippen LogP contribution in [0.1, 0.15) is 51.2 Å². The minimum Gasteiger partial charge on any atom is -0.391 e. The highest BCUT2D eigenvalue weighted by Crippen LogP contribution is 2.38. The number of aliphatic hydroxyl groups is 1. The molecule has 1 aromatic heterocycles. The van der Waals surface area contributed by atoms with E-state index in [0.717, 1.165) is 50.9 Å². The van der Waals surface area contributed by atoms with Crippen LogP contribution in [0.25, 0.3) is 0 Å². The monoisotopic (exact) mass is 321 g/mol. The lowest BCUT2D eigenvalue weighted by Gasteiger charge is -2.37. The quantitative estimate of drug-likeness (QED) is 0.884. The van der Waals surface area contributed by atoms with Crippen LogP contribution in [0, 0.1) is 5.41 Å². The van der Waals surface area contributed by atoms with Crippen LogP contribution in [-0.2, 0) is 13.6 Å². The zero-order chi connectivity index (χ0) is 16.6. The molecule has 1 aliphatic carbocycles. The van der Waals surface area contributed by atoms with Crippen molar-refractivity contribution >= 4 is 0 Å². The number of hydrogen-bond acceptors (Lipinski definition) is 5. The summed E-state index contributed by atoms with van der Waals surface area (Å²) < 4.78 is 2.19. The predicted octanol–water partition coefficient (Wildman–Crippen LogP) is 1.22. The summed E-state index contributed by atoms with van der Waals surface area (Å²) >= 11 is 0. The van der Waals surface area contributed by atoms with E-state index >= 15 is 0 Å². The van der Waals surface area contributed by atoms with Gasteiger partial charge in [0.1, 0.15) is 11.6 Å². The van der Waals surface area contributed by atoms with Crippen LogP contribution in [0.3, 0.4) is 0 Å². The topological polar surface area (TPSA) is 57.4 Å². The molecule has 1 aromatic rings. The highest BCUT2D eigenvalue weighted by Gasteiger charge is 2.30. The van der Waals surface area contributed by atoms with E-state index in [2.05, 4.69) is 52.4 Å². The van der Waals surface area contributed by atoms with Crippen molar-refractivity contribution < 1.29 is 5.11 Å². The first-order valence-electron chi connectivity index (χ1n) is 8.85. The fourth-order valence-corrected chi connectivity index (χ4v) is 3.06. The fraction of sp³-hybridized carbons (Fsp3) is 0.882. The summed E-state index contributed by atoms with van der Waals surface area (Å²) in [5.74, 6) is 2.89. The third-order valence-corrected chi connectivity index (χ3v) is 5.20. The van der Waals surface area contributed by atoms with E-state index in [-0.39, 0.29) is 11.5 Å². The molecule has 1 atom stereocenters. The zero-order valence-corrected chi connectivity index (χ0v) is 15.0. The zero-order valence-electron chi connectivity index (χ0n) is 15.0. The molecule has 1 aliphatic heterocycles. The number of β-amino-alcohol motifs (C(OH)–C–C–N with tert-alkyl or cyclic N) is 1. The average Bonchev–Trinajstić information content (AvgIpc) is 3.26. The van der Waals surface area contributed by atoms with E-state index in [1.807, 2.05) is 0 Å². The largest absolute Gasteiger partial charge is 0.391 e. The van der Waals surface area contributed by atoms with E-state index < -0.39 is 0 Å². The van der Waals surface area contributed by atoms with Crippen molar-refractivity contribution in [3.05, 3.63) is 11.6 Å². The summed E-state index contributed by atoms with van der Waals surface area (Å²) in [7, 11) is 2.10. The van der Waals surface area contributed by atoms with Crippen molar-refractivity contribution in [1.29, 1.82) is 0 Å². The van der Waals surface area contributed by atoms with E-state index in [4.69, 9.17) is 0 Å². The molecule has 1 saturated heterocycles. The molecule has 0 aromatic carbocycles. The Hall–Kier alpha value is -0.980. The summed E-state index contributed by atoms with van der Waals surface area (Å²) in [6, 6.07) is 0. The first-order chi connectivity index (χ1) is 10.8. The van der Waals surface area contributed by atoms with Gasteiger partial charge in [0, 0.05) is 45.7 Å². The highest BCUT2D eigenvalue weighted by atomic mass is 16.3. The normalized spacial score (nSPS) is 22.5. The summed E-state index contributed by atoms with van der Waals surface area (Å²) in [6.45, 7) is 12.0. The Kier molecular flexibility index (Phi) is 4.76. The maximum absolute atomic E-state index is 10.3. The summed E-state index contributed by atoms with van der Waals surface area (Å²) in [6.07, 6.45) is 2.26. The van der Waals surface area contributed by atoms with Gasteiger partial charge in [-0.1, -0.05) is 20.8 Å². The molecule has 3 rings (SSSR count). The second-order valence-corrected chi connectivity index (χ2v) is 8.27. The third-order valence-electron chi connectivity index (χ3n) is 5.20. The lowest BCUT2D eigenvalue weighted by atomic mass is 9.89. The minimum atomic E-state index is -0.270. The van der Waals surface area contributed by atoms with E-state index in [0.29, 0.717) is 5.92 Å². The smallest absolute Gasteiger partial charge is 0.146 e. The van der Waals surface area contributed by atoms with Gasteiger partial charge in [-0.05, 0) is 18.3 Å². The van der Waals surface area contributed by atoms with Crippen molar-refractivity contribution in [2.75, 3.05) is 32.7 Å². The molecule has 130 valence electrons. The molecule has 0 bridgehead atoms. The maximum atomic E-state index is 10.3. The number of hydrogen-bond donors (Lipinski definition) is 1.